The maximum Gasteiger partial charge on any atom is 0.277 e. The molecule has 0 spiro atoms. The predicted molar refractivity (Wildman–Crippen MR) is 90.4 cm³/mol. The number of nitrogens with one attached hydrogen (secondary N) is 1. The van der Waals surface area contributed by atoms with Gasteiger partial charge in [-0.2, -0.15) is 0 Å². The van der Waals surface area contributed by atoms with Crippen molar-refractivity contribution in [2.24, 2.45) is 11.7 Å². The second kappa shape index (κ2) is 8.20. The first-order valence-electron chi connectivity index (χ1n) is 8.11. The summed E-state index contributed by atoms with van der Waals surface area (Å²) in [6.45, 7) is -1.35. The van der Waals surface area contributed by atoms with Crippen LogP contribution in [-0.4, -0.2) is 50.7 Å². The molecule has 2 rings (SSSR count). The van der Waals surface area contributed by atoms with E-state index in [1.807, 2.05) is 0 Å². The molecule has 0 radical (unpaired) electrons. The number of nitrogens with zero attached hydrogens (tertiary/aromatic N) is 1. The zero-order chi connectivity index (χ0) is 18.5. The summed E-state index contributed by atoms with van der Waals surface area (Å²) in [4.78, 5) is 12.1. The molecule has 1 amide bonds. The van der Waals surface area contributed by atoms with Crippen LogP contribution in [0.4, 0.5) is 8.78 Å². The molecule has 1 atom stereocenters. The molecular weight excluding hydrogens is 352 g/mol. The Morgan fingerprint density at radius 1 is 1.32 bits per heavy atom. The standard InChI is InChI=1S/C16H23F2N3O3S/c17-16(18,11-19)12-20-15(22)14-7-4-8-21(9-14)25(23,24)10-13-5-2-1-3-6-13/h1-3,5-6,14H,4,7-12,19H2,(H,20,22). The zero-order valence-corrected chi connectivity index (χ0v) is 14.6. The van der Waals surface area contributed by atoms with Crippen molar-refractivity contribution in [1.82, 2.24) is 9.62 Å². The lowest BCUT2D eigenvalue weighted by molar-refractivity contribution is -0.127. The van der Waals surface area contributed by atoms with E-state index in [2.05, 4.69) is 5.32 Å². The Morgan fingerprint density at radius 3 is 2.64 bits per heavy atom. The number of piperidine rings is 1. The first-order chi connectivity index (χ1) is 11.7. The van der Waals surface area contributed by atoms with Crippen molar-refractivity contribution < 1.29 is 22.0 Å². The molecule has 1 aromatic carbocycles. The summed E-state index contributed by atoms with van der Waals surface area (Å²) in [5.41, 5.74) is 5.60. The minimum absolute atomic E-state index is 0.00912. The number of carbonyl (C=O) groups is 1. The van der Waals surface area contributed by atoms with Gasteiger partial charge < -0.3 is 11.1 Å². The molecule has 1 unspecified atom stereocenters. The van der Waals surface area contributed by atoms with Gasteiger partial charge in [0.05, 0.1) is 24.8 Å². The average molecular weight is 375 g/mol. The van der Waals surface area contributed by atoms with E-state index in [9.17, 15) is 22.0 Å². The highest BCUT2D eigenvalue weighted by molar-refractivity contribution is 7.88. The van der Waals surface area contributed by atoms with Gasteiger partial charge in [-0.25, -0.2) is 21.5 Å². The van der Waals surface area contributed by atoms with Crippen LogP contribution in [0.5, 0.6) is 0 Å². The summed E-state index contributed by atoms with van der Waals surface area (Å²) < 4.78 is 52.6. The van der Waals surface area contributed by atoms with E-state index in [0.717, 1.165) is 0 Å². The molecule has 1 aliphatic heterocycles. The van der Waals surface area contributed by atoms with Crippen LogP contribution >= 0.6 is 0 Å². The summed E-state index contributed by atoms with van der Waals surface area (Å²) >= 11 is 0. The van der Waals surface area contributed by atoms with E-state index < -0.39 is 40.9 Å². The SMILES string of the molecule is NCC(F)(F)CNC(=O)C1CCCN(S(=O)(=O)Cc2ccccc2)C1. The number of benzene rings is 1. The number of amides is 1. The fourth-order valence-electron chi connectivity index (χ4n) is 2.72. The van der Waals surface area contributed by atoms with E-state index in [0.29, 0.717) is 24.9 Å². The van der Waals surface area contributed by atoms with Crippen LogP contribution in [0.15, 0.2) is 30.3 Å². The Labute approximate surface area is 146 Å². The molecule has 1 saturated heterocycles. The Bertz CT molecular complexity index is 683. The molecule has 0 bridgehead atoms. The number of nitrogens with two attached hydrogens (primary N) is 1. The van der Waals surface area contributed by atoms with Crippen molar-refractivity contribution >= 4 is 15.9 Å². The van der Waals surface area contributed by atoms with Gasteiger partial charge in [-0.3, -0.25) is 4.79 Å². The third kappa shape index (κ3) is 5.72. The minimum atomic E-state index is -3.57. The summed E-state index contributed by atoms with van der Waals surface area (Å²) in [6, 6.07) is 8.76. The van der Waals surface area contributed by atoms with Crippen LogP contribution < -0.4 is 11.1 Å². The zero-order valence-electron chi connectivity index (χ0n) is 13.8. The van der Waals surface area contributed by atoms with Gasteiger partial charge in [0.25, 0.3) is 5.92 Å². The molecule has 0 aromatic heterocycles. The molecule has 140 valence electrons. The number of hydrogen-bond acceptors (Lipinski definition) is 4. The van der Waals surface area contributed by atoms with E-state index >= 15 is 0 Å². The van der Waals surface area contributed by atoms with Crippen molar-refractivity contribution in [2.45, 2.75) is 24.5 Å². The molecule has 1 aromatic rings. The minimum Gasteiger partial charge on any atom is -0.350 e. The van der Waals surface area contributed by atoms with Gasteiger partial charge in [-0.1, -0.05) is 30.3 Å². The maximum absolute atomic E-state index is 13.1. The van der Waals surface area contributed by atoms with E-state index in [-0.39, 0.29) is 12.3 Å². The molecular formula is C16H23F2N3O3S. The Hall–Kier alpha value is -1.58. The van der Waals surface area contributed by atoms with Gasteiger partial charge in [0.2, 0.25) is 15.9 Å². The van der Waals surface area contributed by atoms with E-state index in [1.165, 1.54) is 4.31 Å². The summed E-state index contributed by atoms with van der Waals surface area (Å²) in [5.74, 6) is -4.50. The second-order valence-corrected chi connectivity index (χ2v) is 8.19. The molecule has 0 aliphatic carbocycles. The first-order valence-corrected chi connectivity index (χ1v) is 9.72. The molecule has 9 heteroatoms. The number of rotatable bonds is 7. The van der Waals surface area contributed by atoms with Crippen LogP contribution in [0.3, 0.4) is 0 Å². The fourth-order valence-corrected chi connectivity index (χ4v) is 4.33. The van der Waals surface area contributed by atoms with Crippen molar-refractivity contribution in [1.29, 1.82) is 0 Å². The number of halogens is 2. The van der Waals surface area contributed by atoms with Crippen LogP contribution in [0.1, 0.15) is 18.4 Å². The van der Waals surface area contributed by atoms with Gasteiger partial charge in [-0.05, 0) is 18.4 Å². The number of hydrogen-bond donors (Lipinski definition) is 2. The predicted octanol–water partition coefficient (Wildman–Crippen LogP) is 0.939. The largest absolute Gasteiger partial charge is 0.350 e. The van der Waals surface area contributed by atoms with Crippen molar-refractivity contribution in [3.8, 4) is 0 Å². The lowest BCUT2D eigenvalue weighted by Gasteiger charge is -2.31. The molecule has 1 aliphatic rings. The van der Waals surface area contributed by atoms with Gasteiger partial charge in [0.15, 0.2) is 0 Å². The summed E-state index contributed by atoms with van der Waals surface area (Å²) in [6.07, 6.45) is 0.983. The third-order valence-electron chi connectivity index (χ3n) is 4.16. The summed E-state index contributed by atoms with van der Waals surface area (Å²) in [5, 5.41) is 2.17. The van der Waals surface area contributed by atoms with Crippen molar-refractivity contribution in [3.05, 3.63) is 35.9 Å². The Kier molecular flexibility index (Phi) is 6.47. The highest BCUT2D eigenvalue weighted by Gasteiger charge is 2.34. The average Bonchev–Trinajstić information content (AvgIpc) is 2.60. The van der Waals surface area contributed by atoms with Crippen LogP contribution in [0.2, 0.25) is 0 Å². The van der Waals surface area contributed by atoms with Gasteiger partial charge >= 0.3 is 0 Å². The lowest BCUT2D eigenvalue weighted by atomic mass is 9.99. The van der Waals surface area contributed by atoms with E-state index in [1.54, 1.807) is 30.3 Å². The topological polar surface area (TPSA) is 92.5 Å². The van der Waals surface area contributed by atoms with Crippen LogP contribution in [0, 0.1) is 5.92 Å². The highest BCUT2D eigenvalue weighted by Crippen LogP contribution is 2.22. The molecule has 1 fully saturated rings. The van der Waals surface area contributed by atoms with Gasteiger partial charge in [0.1, 0.15) is 0 Å². The fraction of sp³-hybridized carbons (Fsp3) is 0.562. The normalized spacial score (nSPS) is 19.6. The number of alkyl halides is 2. The van der Waals surface area contributed by atoms with E-state index in [4.69, 9.17) is 5.73 Å². The highest BCUT2D eigenvalue weighted by atomic mass is 32.2. The Balaban J connectivity index is 1.96. The van der Waals surface area contributed by atoms with Crippen molar-refractivity contribution in [2.75, 3.05) is 26.2 Å². The summed E-state index contributed by atoms with van der Waals surface area (Å²) in [7, 11) is -3.57. The third-order valence-corrected chi connectivity index (χ3v) is 5.98. The second-order valence-electron chi connectivity index (χ2n) is 6.22. The lowest BCUT2D eigenvalue weighted by Crippen LogP contribution is -2.48. The first kappa shape index (κ1) is 19.7. The number of carbonyl (C=O) groups excluding carboxylic acids is 1. The van der Waals surface area contributed by atoms with Gasteiger partial charge in [-0.15, -0.1) is 0 Å². The molecule has 1 heterocycles. The van der Waals surface area contributed by atoms with Crippen LogP contribution in [-0.2, 0) is 20.6 Å². The molecule has 3 N–H and O–H groups in total. The maximum atomic E-state index is 13.1. The molecule has 25 heavy (non-hydrogen) atoms. The monoisotopic (exact) mass is 375 g/mol. The molecule has 6 nitrogen and oxygen atoms in total. The van der Waals surface area contributed by atoms with Gasteiger partial charge in [0, 0.05) is 13.1 Å². The smallest absolute Gasteiger partial charge is 0.277 e. The van der Waals surface area contributed by atoms with Crippen molar-refractivity contribution in [3.63, 3.8) is 0 Å². The molecule has 0 saturated carbocycles. The number of sulfonamides is 1. The Morgan fingerprint density at radius 2 is 2.00 bits per heavy atom. The quantitative estimate of drug-likeness (QED) is 0.742. The van der Waals surface area contributed by atoms with Crippen LogP contribution in [0.25, 0.3) is 0 Å².